The van der Waals surface area contributed by atoms with Crippen LogP contribution >= 0.6 is 0 Å². The topological polar surface area (TPSA) is 12.5 Å². The van der Waals surface area contributed by atoms with E-state index in [4.69, 9.17) is 4.74 Å². The first-order chi connectivity index (χ1) is 15.3. The third-order valence-electron chi connectivity index (χ3n) is 8.23. The molecular weight excluding hydrogens is 390 g/mol. The van der Waals surface area contributed by atoms with Gasteiger partial charge in [-0.05, 0) is 84.7 Å². The largest absolute Gasteiger partial charge is 0.453 e. The fourth-order valence-electron chi connectivity index (χ4n) is 4.82. The molecule has 2 heteroatoms. The van der Waals surface area contributed by atoms with Crippen LogP contribution in [0.2, 0.25) is 0 Å². The molecule has 0 spiro atoms. The third-order valence-corrected chi connectivity index (χ3v) is 8.23. The summed E-state index contributed by atoms with van der Waals surface area (Å²) < 4.78 is 6.66. The Morgan fingerprint density at radius 1 is 0.750 bits per heavy atom. The lowest BCUT2D eigenvalue weighted by atomic mass is 9.77. The van der Waals surface area contributed by atoms with Gasteiger partial charge in [0.1, 0.15) is 0 Å². The summed E-state index contributed by atoms with van der Waals surface area (Å²) in [7, 11) is 0. The Morgan fingerprint density at radius 2 is 1.19 bits per heavy atom. The monoisotopic (exact) mass is 433 g/mol. The van der Waals surface area contributed by atoms with Crippen molar-refractivity contribution in [3.8, 4) is 11.5 Å². The number of nitrogens with zero attached hydrogens (tertiary/aromatic N) is 1. The second-order valence-electron chi connectivity index (χ2n) is 9.80. The van der Waals surface area contributed by atoms with Gasteiger partial charge in [0.2, 0.25) is 0 Å². The highest BCUT2D eigenvalue weighted by atomic mass is 16.5. The van der Waals surface area contributed by atoms with Crippen molar-refractivity contribution in [2.45, 2.75) is 105 Å². The zero-order valence-electron chi connectivity index (χ0n) is 21.6. The Bertz CT molecular complexity index is 895. The Kier molecular flexibility index (Phi) is 7.43. The highest BCUT2D eigenvalue weighted by Crippen LogP contribution is 2.51. The van der Waals surface area contributed by atoms with E-state index in [1.807, 2.05) is 0 Å². The number of benzene rings is 2. The Labute approximate surface area is 196 Å². The van der Waals surface area contributed by atoms with Gasteiger partial charge in [-0.1, -0.05) is 73.6 Å². The SMILES string of the molecule is CC/C=C(\CC)N1c2ccc(C(C)(CC)CC)cc2Oc2cc(C(C)(CC)CC)ccc21. The fraction of sp³-hybridized carbons (Fsp3) is 0.533. The first kappa shape index (κ1) is 24.4. The lowest BCUT2D eigenvalue weighted by Crippen LogP contribution is -2.24. The second-order valence-corrected chi connectivity index (χ2v) is 9.80. The lowest BCUT2D eigenvalue weighted by Gasteiger charge is -2.37. The maximum absolute atomic E-state index is 6.66. The number of anilines is 2. The van der Waals surface area contributed by atoms with E-state index in [1.165, 1.54) is 16.8 Å². The minimum absolute atomic E-state index is 0.168. The van der Waals surface area contributed by atoms with Crippen LogP contribution in [-0.4, -0.2) is 0 Å². The number of allylic oxidation sites excluding steroid dienone is 2. The standard InChI is InChI=1S/C30H43NO/c1-9-15-24(10-2)31-25-18-16-22(29(7,11-3)12-4)20-27(25)32-28-21-23(17-19-26(28)31)30(8,13-5)14-6/h15-21H,9-14H2,1-8H3/b24-15+. The molecule has 0 radical (unpaired) electrons. The van der Waals surface area contributed by atoms with Crippen molar-refractivity contribution in [2.24, 2.45) is 0 Å². The molecule has 32 heavy (non-hydrogen) atoms. The molecule has 2 nitrogen and oxygen atoms in total. The molecule has 0 saturated carbocycles. The van der Waals surface area contributed by atoms with Gasteiger partial charge in [0.05, 0.1) is 11.4 Å². The lowest BCUT2D eigenvalue weighted by molar-refractivity contribution is 0.425. The molecular formula is C30H43NO. The zero-order chi connectivity index (χ0) is 23.5. The molecule has 1 heterocycles. The quantitative estimate of drug-likeness (QED) is 0.390. The van der Waals surface area contributed by atoms with Gasteiger partial charge >= 0.3 is 0 Å². The van der Waals surface area contributed by atoms with Crippen LogP contribution in [0.5, 0.6) is 11.5 Å². The number of fused-ring (bicyclic) bond motifs is 2. The number of rotatable bonds is 9. The molecule has 174 valence electrons. The molecule has 1 aliphatic rings. The molecule has 0 aromatic heterocycles. The van der Waals surface area contributed by atoms with Crippen molar-refractivity contribution in [1.82, 2.24) is 0 Å². The average molecular weight is 434 g/mol. The minimum Gasteiger partial charge on any atom is -0.453 e. The van der Waals surface area contributed by atoms with E-state index in [0.717, 1.165) is 61.4 Å². The van der Waals surface area contributed by atoms with Crippen LogP contribution in [0.1, 0.15) is 105 Å². The molecule has 1 aliphatic heterocycles. The predicted octanol–water partition coefficient (Wildman–Crippen LogP) is 9.79. The van der Waals surface area contributed by atoms with Gasteiger partial charge in [-0.25, -0.2) is 0 Å². The van der Waals surface area contributed by atoms with E-state index in [0.29, 0.717) is 0 Å². The molecule has 2 aromatic carbocycles. The number of hydrogen-bond donors (Lipinski definition) is 0. The van der Waals surface area contributed by atoms with Crippen LogP contribution in [0, 0.1) is 0 Å². The van der Waals surface area contributed by atoms with Gasteiger partial charge in [-0.3, -0.25) is 0 Å². The predicted molar refractivity (Wildman–Crippen MR) is 140 cm³/mol. The van der Waals surface area contributed by atoms with Crippen molar-refractivity contribution >= 4 is 11.4 Å². The number of ether oxygens (including phenoxy) is 1. The zero-order valence-corrected chi connectivity index (χ0v) is 21.6. The summed E-state index contributed by atoms with van der Waals surface area (Å²) in [6.07, 6.45) is 8.84. The molecule has 0 bridgehead atoms. The molecule has 3 rings (SSSR count). The van der Waals surface area contributed by atoms with Gasteiger partial charge in [0.15, 0.2) is 11.5 Å². The van der Waals surface area contributed by atoms with Crippen LogP contribution in [0.15, 0.2) is 48.2 Å². The van der Waals surface area contributed by atoms with Crippen molar-refractivity contribution in [3.63, 3.8) is 0 Å². The normalized spacial score (nSPS) is 14.1. The van der Waals surface area contributed by atoms with Crippen molar-refractivity contribution < 1.29 is 4.74 Å². The first-order valence-corrected chi connectivity index (χ1v) is 12.8. The molecule has 0 saturated heterocycles. The maximum Gasteiger partial charge on any atom is 0.151 e. The Balaban J connectivity index is 2.21. The van der Waals surface area contributed by atoms with Crippen LogP contribution < -0.4 is 9.64 Å². The molecule has 0 fully saturated rings. The summed E-state index contributed by atoms with van der Waals surface area (Å²) in [5.74, 6) is 1.95. The highest BCUT2D eigenvalue weighted by molar-refractivity contribution is 5.82. The van der Waals surface area contributed by atoms with E-state index in [1.54, 1.807) is 0 Å². The Morgan fingerprint density at radius 3 is 1.53 bits per heavy atom. The summed E-state index contributed by atoms with van der Waals surface area (Å²) in [6, 6.07) is 13.8. The van der Waals surface area contributed by atoms with Gasteiger partial charge in [-0.2, -0.15) is 0 Å². The maximum atomic E-state index is 6.66. The second kappa shape index (κ2) is 9.73. The van der Waals surface area contributed by atoms with E-state index < -0.39 is 0 Å². The van der Waals surface area contributed by atoms with E-state index >= 15 is 0 Å². The summed E-state index contributed by atoms with van der Waals surface area (Å²) in [6.45, 7) is 18.3. The molecule has 0 aliphatic carbocycles. The van der Waals surface area contributed by atoms with E-state index in [9.17, 15) is 0 Å². The van der Waals surface area contributed by atoms with Gasteiger partial charge in [0, 0.05) is 5.70 Å². The molecule has 0 N–H and O–H groups in total. The average Bonchev–Trinajstić information content (AvgIpc) is 2.84. The first-order valence-electron chi connectivity index (χ1n) is 12.8. The fourth-order valence-corrected chi connectivity index (χ4v) is 4.82. The molecule has 2 aromatic rings. The van der Waals surface area contributed by atoms with E-state index in [-0.39, 0.29) is 10.8 Å². The summed E-state index contributed by atoms with van der Waals surface area (Å²) in [4.78, 5) is 2.43. The van der Waals surface area contributed by atoms with Gasteiger partial charge in [0.25, 0.3) is 0 Å². The van der Waals surface area contributed by atoms with E-state index in [2.05, 4.69) is 103 Å². The van der Waals surface area contributed by atoms with Crippen molar-refractivity contribution in [2.75, 3.05) is 4.90 Å². The Hall–Kier alpha value is -2.22. The van der Waals surface area contributed by atoms with Crippen LogP contribution in [0.25, 0.3) is 0 Å². The molecule has 0 unspecified atom stereocenters. The van der Waals surface area contributed by atoms with Crippen LogP contribution in [0.4, 0.5) is 11.4 Å². The smallest absolute Gasteiger partial charge is 0.151 e. The third kappa shape index (κ3) is 4.21. The van der Waals surface area contributed by atoms with Crippen molar-refractivity contribution in [1.29, 1.82) is 0 Å². The summed E-state index contributed by atoms with van der Waals surface area (Å²) >= 11 is 0. The van der Waals surface area contributed by atoms with Crippen LogP contribution in [-0.2, 0) is 10.8 Å². The molecule has 0 atom stereocenters. The van der Waals surface area contributed by atoms with Gasteiger partial charge in [-0.15, -0.1) is 0 Å². The molecule has 0 amide bonds. The highest BCUT2D eigenvalue weighted by Gasteiger charge is 2.31. The number of hydrogen-bond acceptors (Lipinski definition) is 2. The summed E-state index contributed by atoms with van der Waals surface area (Å²) in [5, 5.41) is 0. The summed E-state index contributed by atoms with van der Waals surface area (Å²) in [5.41, 5.74) is 6.71. The van der Waals surface area contributed by atoms with Crippen molar-refractivity contribution in [3.05, 3.63) is 59.3 Å². The van der Waals surface area contributed by atoms with Gasteiger partial charge < -0.3 is 9.64 Å². The minimum atomic E-state index is 0.168. The van der Waals surface area contributed by atoms with Crippen LogP contribution in [0.3, 0.4) is 0 Å².